The van der Waals surface area contributed by atoms with Crippen LogP contribution >= 0.6 is 0 Å². The van der Waals surface area contributed by atoms with Crippen LogP contribution in [-0.4, -0.2) is 69.7 Å². The van der Waals surface area contributed by atoms with Crippen LogP contribution in [0.2, 0.25) is 0 Å². The minimum absolute atomic E-state index is 0.00826. The van der Waals surface area contributed by atoms with E-state index in [1.165, 1.54) is 7.11 Å². The Kier molecular flexibility index (Phi) is 8.88. The maximum atomic E-state index is 13.5. The molecule has 3 rings (SSSR count). The number of nitrogens with two attached hydrogens (primary N) is 1. The number of benzene rings is 2. The number of ether oxygens (including phenoxy) is 2. The third-order valence-corrected chi connectivity index (χ3v) is 6.66. The second-order valence-electron chi connectivity index (χ2n) is 10.9. The molecule has 10 heteroatoms. The summed E-state index contributed by atoms with van der Waals surface area (Å²) in [5.74, 6) is 0.366. The molecule has 1 aliphatic heterocycles. The monoisotopic (exact) mass is 537 g/mol. The van der Waals surface area contributed by atoms with Crippen LogP contribution in [0.3, 0.4) is 0 Å². The summed E-state index contributed by atoms with van der Waals surface area (Å²) in [6, 6.07) is 7.10. The quantitative estimate of drug-likeness (QED) is 0.296. The molecule has 0 fully saturated rings. The number of hydrogen-bond acceptors (Lipinski definition) is 7. The molecule has 0 radical (unpaired) electrons. The number of primary amides is 1. The highest BCUT2D eigenvalue weighted by atomic mass is 16.5. The molecule has 0 spiro atoms. The van der Waals surface area contributed by atoms with Gasteiger partial charge in [0.25, 0.3) is 5.91 Å². The van der Waals surface area contributed by atoms with Gasteiger partial charge in [-0.3, -0.25) is 19.8 Å². The summed E-state index contributed by atoms with van der Waals surface area (Å²) >= 11 is 0. The predicted octanol–water partition coefficient (Wildman–Crippen LogP) is 3.09. The Morgan fingerprint density at radius 1 is 1.15 bits per heavy atom. The fourth-order valence-corrected chi connectivity index (χ4v) is 4.57. The van der Waals surface area contributed by atoms with Gasteiger partial charge in [-0.1, -0.05) is 20.8 Å². The number of amides is 2. The molecule has 0 saturated heterocycles. The molecule has 210 valence electrons. The van der Waals surface area contributed by atoms with E-state index in [2.05, 4.69) is 5.32 Å². The molecule has 0 unspecified atom stereocenters. The Morgan fingerprint density at radius 3 is 2.41 bits per heavy atom. The topological polar surface area (TPSA) is 138 Å². The van der Waals surface area contributed by atoms with E-state index >= 15 is 0 Å². The maximum Gasteiger partial charge on any atom is 0.253 e. The zero-order chi connectivity index (χ0) is 29.1. The van der Waals surface area contributed by atoms with Crippen molar-refractivity contribution in [2.45, 2.75) is 45.6 Å². The van der Waals surface area contributed by atoms with Gasteiger partial charge in [-0.2, -0.15) is 0 Å². The van der Waals surface area contributed by atoms with Crippen LogP contribution in [0, 0.1) is 5.41 Å². The van der Waals surface area contributed by atoms with Crippen molar-refractivity contribution < 1.29 is 23.9 Å². The molecule has 0 bridgehead atoms. The molecule has 2 aromatic rings. The molecule has 1 aliphatic rings. The highest BCUT2D eigenvalue weighted by Crippen LogP contribution is 2.40. The van der Waals surface area contributed by atoms with Crippen molar-refractivity contribution >= 4 is 29.1 Å². The third kappa shape index (κ3) is 6.50. The molecule has 10 nitrogen and oxygen atoms in total. The third-order valence-electron chi connectivity index (χ3n) is 6.66. The molecule has 4 N–H and O–H groups in total. The van der Waals surface area contributed by atoms with Gasteiger partial charge in [0.05, 0.1) is 25.8 Å². The Balaban J connectivity index is 1.89. The van der Waals surface area contributed by atoms with Gasteiger partial charge in [0.1, 0.15) is 5.84 Å². The Bertz CT molecular complexity index is 1300. The predicted molar refractivity (Wildman–Crippen MR) is 151 cm³/mol. The second-order valence-corrected chi connectivity index (χ2v) is 10.9. The first kappa shape index (κ1) is 29.5. The first-order chi connectivity index (χ1) is 18.3. The lowest BCUT2D eigenvalue weighted by atomic mass is 9.84. The number of Topliss-reactive ketones (excluding diaryl/α,β-unsaturated/α-hetero) is 1. The molecular formula is C29H39N5O5. The molecule has 1 heterocycles. The lowest BCUT2D eigenvalue weighted by molar-refractivity contribution is -0.118. The van der Waals surface area contributed by atoms with E-state index in [1.54, 1.807) is 24.1 Å². The van der Waals surface area contributed by atoms with Crippen molar-refractivity contribution in [2.75, 3.05) is 46.3 Å². The van der Waals surface area contributed by atoms with Crippen molar-refractivity contribution in [3.8, 4) is 11.5 Å². The Morgan fingerprint density at radius 2 is 1.85 bits per heavy atom. The number of nitrogens with zero attached hydrogens (tertiary/aromatic N) is 2. The van der Waals surface area contributed by atoms with Crippen LogP contribution in [-0.2, 0) is 16.8 Å². The van der Waals surface area contributed by atoms with Crippen molar-refractivity contribution in [3.05, 3.63) is 52.1 Å². The summed E-state index contributed by atoms with van der Waals surface area (Å²) in [7, 11) is 6.82. The van der Waals surface area contributed by atoms with Gasteiger partial charge in [0, 0.05) is 56.5 Å². The van der Waals surface area contributed by atoms with Crippen LogP contribution in [0.1, 0.15) is 71.0 Å². The van der Waals surface area contributed by atoms with Crippen molar-refractivity contribution in [1.82, 2.24) is 10.2 Å². The fourth-order valence-electron chi connectivity index (χ4n) is 4.57. The number of methoxy groups -OCH3 is 1. The van der Waals surface area contributed by atoms with Gasteiger partial charge in [-0.25, -0.2) is 0 Å². The molecule has 0 aromatic heterocycles. The number of carbonyl (C=O) groups is 3. The van der Waals surface area contributed by atoms with Gasteiger partial charge in [-0.05, 0) is 41.7 Å². The summed E-state index contributed by atoms with van der Waals surface area (Å²) < 4.78 is 11.6. The Hall–Kier alpha value is -4.08. The second kappa shape index (κ2) is 11.8. The lowest BCUT2D eigenvalue weighted by Gasteiger charge is -2.26. The first-order valence-electron chi connectivity index (χ1n) is 12.9. The summed E-state index contributed by atoms with van der Waals surface area (Å²) in [5, 5.41) is 11.4. The molecule has 0 atom stereocenters. The van der Waals surface area contributed by atoms with Crippen LogP contribution < -0.4 is 25.4 Å². The average molecular weight is 538 g/mol. The number of fused-ring (bicyclic) bond motifs is 1. The molecular weight excluding hydrogens is 498 g/mol. The number of amidine groups is 1. The van der Waals surface area contributed by atoms with E-state index in [4.69, 9.17) is 20.6 Å². The first-order valence-corrected chi connectivity index (χ1v) is 12.9. The van der Waals surface area contributed by atoms with Crippen molar-refractivity contribution in [3.63, 3.8) is 0 Å². The highest BCUT2D eigenvalue weighted by Gasteiger charge is 2.30. The minimum Gasteiger partial charge on any atom is -0.493 e. The maximum absolute atomic E-state index is 13.5. The van der Waals surface area contributed by atoms with E-state index in [1.807, 2.05) is 51.9 Å². The SMILES string of the molecule is CNC(=O)c1cc2c(cc1N(C)C)CN(CC(=O)c1cc(OC)c(OCCCC(N)=O)c(C(C)(C)C)c1)C2=N. The van der Waals surface area contributed by atoms with E-state index in [0.29, 0.717) is 41.2 Å². The number of rotatable bonds is 11. The van der Waals surface area contributed by atoms with E-state index in [-0.39, 0.29) is 48.4 Å². The number of hydrogen-bond donors (Lipinski definition) is 3. The molecule has 0 saturated carbocycles. The normalized spacial score (nSPS) is 12.7. The zero-order valence-corrected chi connectivity index (χ0v) is 23.9. The fraction of sp³-hybridized carbons (Fsp3) is 0.448. The van der Waals surface area contributed by atoms with Crippen molar-refractivity contribution in [1.29, 1.82) is 5.41 Å². The number of carbonyl (C=O) groups excluding carboxylic acids is 3. The summed E-state index contributed by atoms with van der Waals surface area (Å²) in [5.41, 5.74) is 8.88. The largest absolute Gasteiger partial charge is 0.493 e. The number of nitrogens with one attached hydrogen (secondary N) is 2. The highest BCUT2D eigenvalue weighted by molar-refractivity contribution is 6.08. The summed E-state index contributed by atoms with van der Waals surface area (Å²) in [6.07, 6.45) is 0.687. The molecule has 2 amide bonds. The molecule has 2 aromatic carbocycles. The van der Waals surface area contributed by atoms with Gasteiger partial charge < -0.3 is 30.3 Å². The van der Waals surface area contributed by atoms with E-state index in [0.717, 1.165) is 16.8 Å². The number of anilines is 1. The zero-order valence-electron chi connectivity index (χ0n) is 23.9. The standard InChI is InChI=1S/C29H39N5O5/c1-29(2,3)21-11-17(13-24(38-7)26(21)39-10-8-9-25(30)36)23(35)16-34-15-18-12-22(33(5)6)20(28(37)32-4)14-19(18)27(34)31/h11-14,31H,8-10,15-16H2,1-7H3,(H2,30,36)(H,32,37). The van der Waals surface area contributed by atoms with Gasteiger partial charge in [0.15, 0.2) is 17.3 Å². The average Bonchev–Trinajstić information content (AvgIpc) is 3.18. The van der Waals surface area contributed by atoms with Gasteiger partial charge >= 0.3 is 0 Å². The summed E-state index contributed by atoms with van der Waals surface area (Å²) in [4.78, 5) is 40.7. The summed E-state index contributed by atoms with van der Waals surface area (Å²) in [6.45, 7) is 6.72. The van der Waals surface area contributed by atoms with Crippen LogP contribution in [0.4, 0.5) is 5.69 Å². The lowest BCUT2D eigenvalue weighted by Crippen LogP contribution is -2.30. The smallest absolute Gasteiger partial charge is 0.253 e. The molecule has 0 aliphatic carbocycles. The van der Waals surface area contributed by atoms with Crippen LogP contribution in [0.5, 0.6) is 11.5 Å². The Labute approximate surface area is 229 Å². The number of ketones is 1. The van der Waals surface area contributed by atoms with Crippen LogP contribution in [0.25, 0.3) is 0 Å². The van der Waals surface area contributed by atoms with Gasteiger partial charge in [-0.15, -0.1) is 0 Å². The van der Waals surface area contributed by atoms with E-state index in [9.17, 15) is 14.4 Å². The minimum atomic E-state index is -0.389. The van der Waals surface area contributed by atoms with Gasteiger partial charge in [0.2, 0.25) is 5.91 Å². The van der Waals surface area contributed by atoms with Crippen LogP contribution in [0.15, 0.2) is 24.3 Å². The van der Waals surface area contributed by atoms with E-state index < -0.39 is 0 Å². The molecule has 39 heavy (non-hydrogen) atoms. The van der Waals surface area contributed by atoms with Crippen molar-refractivity contribution in [2.24, 2.45) is 5.73 Å².